The van der Waals surface area contributed by atoms with Gasteiger partial charge in [-0.25, -0.2) is 4.98 Å². The largest absolute Gasteiger partial charge is 0.323 e. The Hall–Kier alpha value is -1.78. The van der Waals surface area contributed by atoms with Crippen LogP contribution in [0.15, 0.2) is 24.8 Å². The van der Waals surface area contributed by atoms with E-state index in [1.54, 1.807) is 6.20 Å². The van der Waals surface area contributed by atoms with Gasteiger partial charge in [-0.2, -0.15) is 5.10 Å². The van der Waals surface area contributed by atoms with E-state index in [2.05, 4.69) is 36.2 Å². The lowest BCUT2D eigenvalue weighted by atomic mass is 10.4. The number of hydrogen-bond acceptors (Lipinski definition) is 3. The standard InChI is InChI=1S/C11H17N5/c1-4-15-6-5-12-11(15)14-10-7-13-16(8-10)9(2)3/h5-9H,4H2,1-3H3,(H,12,14). The van der Waals surface area contributed by atoms with Crippen LogP contribution in [-0.2, 0) is 6.54 Å². The molecule has 0 atom stereocenters. The molecule has 86 valence electrons. The van der Waals surface area contributed by atoms with Gasteiger partial charge in [-0.1, -0.05) is 0 Å². The fourth-order valence-electron chi connectivity index (χ4n) is 1.50. The molecule has 2 heterocycles. The van der Waals surface area contributed by atoms with Gasteiger partial charge in [-0.15, -0.1) is 0 Å². The van der Waals surface area contributed by atoms with Crippen LogP contribution >= 0.6 is 0 Å². The minimum Gasteiger partial charge on any atom is -0.323 e. The second-order valence-electron chi connectivity index (χ2n) is 3.96. The molecular formula is C11H17N5. The van der Waals surface area contributed by atoms with Crippen molar-refractivity contribution in [1.29, 1.82) is 0 Å². The summed E-state index contributed by atoms with van der Waals surface area (Å²) in [5.74, 6) is 0.853. The first kappa shape index (κ1) is 10.7. The van der Waals surface area contributed by atoms with Crippen molar-refractivity contribution in [2.45, 2.75) is 33.4 Å². The van der Waals surface area contributed by atoms with E-state index in [9.17, 15) is 0 Å². The van der Waals surface area contributed by atoms with Crippen LogP contribution in [0.3, 0.4) is 0 Å². The maximum absolute atomic E-state index is 4.27. The predicted octanol–water partition coefficient (Wildman–Crippen LogP) is 2.42. The number of aromatic nitrogens is 4. The number of anilines is 2. The molecule has 1 N–H and O–H groups in total. The van der Waals surface area contributed by atoms with E-state index in [0.717, 1.165) is 18.2 Å². The van der Waals surface area contributed by atoms with Crippen molar-refractivity contribution in [2.24, 2.45) is 0 Å². The average Bonchev–Trinajstić information content (AvgIpc) is 2.87. The van der Waals surface area contributed by atoms with Crippen LogP contribution in [-0.4, -0.2) is 19.3 Å². The lowest BCUT2D eigenvalue weighted by molar-refractivity contribution is 0.532. The first-order chi connectivity index (χ1) is 7.70. The first-order valence-corrected chi connectivity index (χ1v) is 5.53. The predicted molar refractivity (Wildman–Crippen MR) is 63.8 cm³/mol. The third-order valence-corrected chi connectivity index (χ3v) is 2.44. The Kier molecular flexibility index (Phi) is 2.94. The summed E-state index contributed by atoms with van der Waals surface area (Å²) in [6, 6.07) is 0.376. The van der Waals surface area contributed by atoms with Gasteiger partial charge in [0, 0.05) is 31.2 Å². The molecule has 0 radical (unpaired) electrons. The Bertz CT molecular complexity index is 454. The zero-order valence-corrected chi connectivity index (χ0v) is 9.88. The molecule has 0 spiro atoms. The molecule has 0 amide bonds. The van der Waals surface area contributed by atoms with Crippen molar-refractivity contribution in [3.63, 3.8) is 0 Å². The number of aryl methyl sites for hydroxylation is 1. The summed E-state index contributed by atoms with van der Waals surface area (Å²) < 4.78 is 3.97. The van der Waals surface area contributed by atoms with Crippen LogP contribution in [0.4, 0.5) is 11.6 Å². The van der Waals surface area contributed by atoms with E-state index in [1.807, 2.05) is 27.8 Å². The highest BCUT2D eigenvalue weighted by Gasteiger charge is 2.04. The first-order valence-electron chi connectivity index (χ1n) is 5.53. The van der Waals surface area contributed by atoms with E-state index in [1.165, 1.54) is 0 Å². The van der Waals surface area contributed by atoms with Crippen molar-refractivity contribution in [3.8, 4) is 0 Å². The van der Waals surface area contributed by atoms with Gasteiger partial charge in [0.25, 0.3) is 0 Å². The van der Waals surface area contributed by atoms with Crippen LogP contribution in [0.25, 0.3) is 0 Å². The minimum absolute atomic E-state index is 0.376. The van der Waals surface area contributed by atoms with E-state index in [4.69, 9.17) is 0 Å². The highest BCUT2D eigenvalue weighted by molar-refractivity contribution is 5.50. The molecule has 0 saturated heterocycles. The number of nitrogens with one attached hydrogen (secondary N) is 1. The van der Waals surface area contributed by atoms with E-state index < -0.39 is 0 Å². The summed E-state index contributed by atoms with van der Waals surface area (Å²) >= 11 is 0. The molecule has 0 unspecified atom stereocenters. The average molecular weight is 219 g/mol. The number of nitrogens with zero attached hydrogens (tertiary/aromatic N) is 4. The molecule has 0 aliphatic heterocycles. The minimum atomic E-state index is 0.376. The molecule has 2 rings (SSSR count). The fraction of sp³-hybridized carbons (Fsp3) is 0.455. The van der Waals surface area contributed by atoms with Gasteiger partial charge in [0.2, 0.25) is 5.95 Å². The maximum Gasteiger partial charge on any atom is 0.207 e. The molecule has 0 fully saturated rings. The SMILES string of the molecule is CCn1ccnc1Nc1cnn(C(C)C)c1. The lowest BCUT2D eigenvalue weighted by Crippen LogP contribution is -2.01. The van der Waals surface area contributed by atoms with Gasteiger partial charge >= 0.3 is 0 Å². The van der Waals surface area contributed by atoms with Gasteiger partial charge in [0.15, 0.2) is 0 Å². The van der Waals surface area contributed by atoms with Gasteiger partial charge in [0.05, 0.1) is 11.9 Å². The number of imidazole rings is 1. The van der Waals surface area contributed by atoms with Crippen LogP contribution in [0.2, 0.25) is 0 Å². The molecule has 5 nitrogen and oxygen atoms in total. The Morgan fingerprint density at radius 2 is 2.25 bits per heavy atom. The van der Waals surface area contributed by atoms with E-state index >= 15 is 0 Å². The van der Waals surface area contributed by atoms with Gasteiger partial charge < -0.3 is 9.88 Å². The molecule has 16 heavy (non-hydrogen) atoms. The monoisotopic (exact) mass is 219 g/mol. The Morgan fingerprint density at radius 3 is 2.88 bits per heavy atom. The zero-order chi connectivity index (χ0) is 11.5. The van der Waals surface area contributed by atoms with E-state index in [-0.39, 0.29) is 0 Å². The maximum atomic E-state index is 4.27. The molecule has 0 aliphatic carbocycles. The topological polar surface area (TPSA) is 47.7 Å². The van der Waals surface area contributed by atoms with Gasteiger partial charge in [-0.05, 0) is 20.8 Å². The fourth-order valence-corrected chi connectivity index (χ4v) is 1.50. The van der Waals surface area contributed by atoms with Crippen molar-refractivity contribution in [1.82, 2.24) is 19.3 Å². The van der Waals surface area contributed by atoms with Gasteiger partial charge in [0.1, 0.15) is 0 Å². The van der Waals surface area contributed by atoms with Crippen LogP contribution in [0.5, 0.6) is 0 Å². The summed E-state index contributed by atoms with van der Waals surface area (Å²) in [4.78, 5) is 4.25. The summed E-state index contributed by atoms with van der Waals surface area (Å²) in [6.45, 7) is 7.19. The Balaban J connectivity index is 2.14. The quantitative estimate of drug-likeness (QED) is 0.859. The van der Waals surface area contributed by atoms with Crippen molar-refractivity contribution in [2.75, 3.05) is 5.32 Å². The molecule has 0 saturated carbocycles. The Morgan fingerprint density at radius 1 is 1.44 bits per heavy atom. The van der Waals surface area contributed by atoms with Crippen LogP contribution in [0.1, 0.15) is 26.8 Å². The zero-order valence-electron chi connectivity index (χ0n) is 9.88. The summed E-state index contributed by atoms with van der Waals surface area (Å²) in [5.41, 5.74) is 0.967. The highest BCUT2D eigenvalue weighted by atomic mass is 15.3. The van der Waals surface area contributed by atoms with E-state index in [0.29, 0.717) is 6.04 Å². The van der Waals surface area contributed by atoms with Gasteiger partial charge in [-0.3, -0.25) is 4.68 Å². The normalized spacial score (nSPS) is 11.0. The molecular weight excluding hydrogens is 202 g/mol. The molecule has 2 aromatic rings. The van der Waals surface area contributed by atoms with Crippen molar-refractivity contribution >= 4 is 11.6 Å². The third-order valence-electron chi connectivity index (χ3n) is 2.44. The summed E-state index contributed by atoms with van der Waals surface area (Å²) in [6.07, 6.45) is 7.54. The van der Waals surface area contributed by atoms with Crippen LogP contribution in [0, 0.1) is 0 Å². The summed E-state index contributed by atoms with van der Waals surface area (Å²) in [5, 5.41) is 7.52. The second-order valence-corrected chi connectivity index (χ2v) is 3.96. The number of rotatable bonds is 4. The van der Waals surface area contributed by atoms with Crippen molar-refractivity contribution < 1.29 is 0 Å². The smallest absolute Gasteiger partial charge is 0.207 e. The molecule has 0 bridgehead atoms. The Labute approximate surface area is 95.1 Å². The molecule has 0 aromatic carbocycles. The molecule has 2 aromatic heterocycles. The third kappa shape index (κ3) is 2.08. The van der Waals surface area contributed by atoms with Crippen LogP contribution < -0.4 is 5.32 Å². The summed E-state index contributed by atoms with van der Waals surface area (Å²) in [7, 11) is 0. The highest BCUT2D eigenvalue weighted by Crippen LogP contribution is 2.15. The van der Waals surface area contributed by atoms with Crippen molar-refractivity contribution in [3.05, 3.63) is 24.8 Å². The lowest BCUT2D eigenvalue weighted by Gasteiger charge is -2.06. The second kappa shape index (κ2) is 4.38. The number of hydrogen-bond donors (Lipinski definition) is 1. The molecule has 0 aliphatic rings. The molecule has 5 heteroatoms.